The van der Waals surface area contributed by atoms with Crippen molar-refractivity contribution in [2.45, 2.75) is 20.4 Å². The molecule has 2 N–H and O–H groups in total. The van der Waals surface area contributed by atoms with Crippen molar-refractivity contribution in [2.75, 3.05) is 13.2 Å². The Morgan fingerprint density at radius 1 is 1.22 bits per heavy atom. The summed E-state index contributed by atoms with van der Waals surface area (Å²) in [5, 5.41) is 16.6. The summed E-state index contributed by atoms with van der Waals surface area (Å²) in [7, 11) is 0. The van der Waals surface area contributed by atoms with Crippen LogP contribution in [0.25, 0.3) is 5.69 Å². The molecule has 0 aliphatic heterocycles. The van der Waals surface area contributed by atoms with Crippen molar-refractivity contribution in [2.24, 2.45) is 0 Å². The Kier molecular flexibility index (Phi) is 4.12. The van der Waals surface area contributed by atoms with E-state index in [2.05, 4.69) is 17.3 Å². The number of aliphatic hydroxyl groups excluding tert-OH is 1. The van der Waals surface area contributed by atoms with Crippen molar-refractivity contribution in [3.05, 3.63) is 47.3 Å². The highest BCUT2D eigenvalue weighted by molar-refractivity contribution is 5.36. The molecule has 1 aromatic heterocycles. The van der Waals surface area contributed by atoms with Crippen LogP contribution in [-0.2, 0) is 6.54 Å². The van der Waals surface area contributed by atoms with Crippen molar-refractivity contribution in [1.29, 1.82) is 0 Å². The van der Waals surface area contributed by atoms with Gasteiger partial charge in [-0.05, 0) is 26.0 Å². The van der Waals surface area contributed by atoms with Crippen LogP contribution in [0, 0.1) is 13.8 Å². The molecular weight excluding hydrogens is 226 g/mol. The van der Waals surface area contributed by atoms with E-state index in [1.165, 1.54) is 5.56 Å². The number of para-hydroxylation sites is 1. The van der Waals surface area contributed by atoms with Crippen molar-refractivity contribution in [1.82, 2.24) is 15.1 Å². The second-order valence-corrected chi connectivity index (χ2v) is 4.30. The van der Waals surface area contributed by atoms with Crippen LogP contribution in [0.3, 0.4) is 0 Å². The van der Waals surface area contributed by atoms with Crippen molar-refractivity contribution in [3.8, 4) is 5.69 Å². The van der Waals surface area contributed by atoms with Gasteiger partial charge in [0.2, 0.25) is 0 Å². The molecule has 2 aromatic rings. The standard InChI is InChI=1S/C14H19N3O/c1-11-14(10-15-8-9-18)12(2)17(16-11)13-6-4-3-5-7-13/h3-7,15,18H,8-10H2,1-2H3. The first kappa shape index (κ1) is 12.8. The van der Waals surface area contributed by atoms with E-state index in [0.29, 0.717) is 6.54 Å². The molecule has 1 heterocycles. The van der Waals surface area contributed by atoms with Gasteiger partial charge in [0, 0.05) is 24.3 Å². The molecule has 0 saturated heterocycles. The molecule has 2 rings (SSSR count). The first-order valence-electron chi connectivity index (χ1n) is 6.16. The monoisotopic (exact) mass is 245 g/mol. The Hall–Kier alpha value is -1.65. The molecule has 0 aliphatic rings. The fourth-order valence-electron chi connectivity index (χ4n) is 2.04. The zero-order valence-electron chi connectivity index (χ0n) is 10.8. The van der Waals surface area contributed by atoms with Crippen molar-refractivity contribution in [3.63, 3.8) is 0 Å². The molecule has 1 aromatic carbocycles. The Bertz CT molecular complexity index is 505. The lowest BCUT2D eigenvalue weighted by Crippen LogP contribution is -2.18. The molecule has 0 bridgehead atoms. The molecule has 0 fully saturated rings. The molecule has 0 unspecified atom stereocenters. The van der Waals surface area contributed by atoms with Gasteiger partial charge in [0.05, 0.1) is 18.0 Å². The number of nitrogens with one attached hydrogen (secondary N) is 1. The molecule has 4 nitrogen and oxygen atoms in total. The van der Waals surface area contributed by atoms with Crippen LogP contribution in [0.2, 0.25) is 0 Å². The molecule has 18 heavy (non-hydrogen) atoms. The van der Waals surface area contributed by atoms with E-state index in [0.717, 1.165) is 23.6 Å². The van der Waals surface area contributed by atoms with E-state index in [9.17, 15) is 0 Å². The van der Waals surface area contributed by atoms with E-state index in [-0.39, 0.29) is 6.61 Å². The lowest BCUT2D eigenvalue weighted by Gasteiger charge is -2.06. The molecule has 0 aliphatic carbocycles. The number of hydrogen-bond donors (Lipinski definition) is 2. The summed E-state index contributed by atoms with van der Waals surface area (Å²) in [6, 6.07) is 10.1. The molecular formula is C14H19N3O. The van der Waals surface area contributed by atoms with Gasteiger partial charge in [-0.1, -0.05) is 18.2 Å². The van der Waals surface area contributed by atoms with Crippen LogP contribution < -0.4 is 5.32 Å². The second kappa shape index (κ2) is 5.80. The molecule has 0 saturated carbocycles. The quantitative estimate of drug-likeness (QED) is 0.786. The molecule has 0 spiro atoms. The van der Waals surface area contributed by atoms with Crippen LogP contribution in [0.5, 0.6) is 0 Å². The summed E-state index contributed by atoms with van der Waals surface area (Å²) < 4.78 is 1.96. The lowest BCUT2D eigenvalue weighted by molar-refractivity contribution is 0.292. The summed E-state index contributed by atoms with van der Waals surface area (Å²) in [4.78, 5) is 0. The zero-order valence-corrected chi connectivity index (χ0v) is 10.8. The Balaban J connectivity index is 2.26. The predicted molar refractivity (Wildman–Crippen MR) is 71.8 cm³/mol. The highest BCUT2D eigenvalue weighted by Crippen LogP contribution is 2.17. The van der Waals surface area contributed by atoms with Gasteiger partial charge in [-0.3, -0.25) is 0 Å². The van der Waals surface area contributed by atoms with E-state index in [1.54, 1.807) is 0 Å². The maximum Gasteiger partial charge on any atom is 0.0648 e. The average Bonchev–Trinajstić information content (AvgIpc) is 2.68. The van der Waals surface area contributed by atoms with Gasteiger partial charge in [-0.2, -0.15) is 5.10 Å². The third-order valence-electron chi connectivity index (χ3n) is 3.03. The summed E-state index contributed by atoms with van der Waals surface area (Å²) in [6.07, 6.45) is 0. The number of nitrogens with zero attached hydrogens (tertiary/aromatic N) is 2. The highest BCUT2D eigenvalue weighted by atomic mass is 16.3. The highest BCUT2D eigenvalue weighted by Gasteiger charge is 2.11. The minimum absolute atomic E-state index is 0.158. The SMILES string of the molecule is Cc1nn(-c2ccccc2)c(C)c1CNCCO. The van der Waals surface area contributed by atoms with Gasteiger partial charge in [0.15, 0.2) is 0 Å². The second-order valence-electron chi connectivity index (χ2n) is 4.30. The van der Waals surface area contributed by atoms with Crippen LogP contribution in [0.15, 0.2) is 30.3 Å². The molecule has 4 heteroatoms. The smallest absolute Gasteiger partial charge is 0.0648 e. The predicted octanol–water partition coefficient (Wildman–Crippen LogP) is 1.57. The van der Waals surface area contributed by atoms with Crippen LogP contribution in [-0.4, -0.2) is 28.0 Å². The number of benzene rings is 1. The van der Waals surface area contributed by atoms with Crippen molar-refractivity contribution >= 4 is 0 Å². The molecule has 0 amide bonds. The normalized spacial score (nSPS) is 10.8. The first-order chi connectivity index (χ1) is 8.74. The number of aliphatic hydroxyl groups is 1. The van der Waals surface area contributed by atoms with Gasteiger partial charge in [0.25, 0.3) is 0 Å². The van der Waals surface area contributed by atoms with Gasteiger partial charge in [0.1, 0.15) is 0 Å². The Morgan fingerprint density at radius 3 is 2.61 bits per heavy atom. The number of aryl methyl sites for hydroxylation is 1. The van der Waals surface area contributed by atoms with Crippen LogP contribution in [0.1, 0.15) is 17.0 Å². The minimum Gasteiger partial charge on any atom is -0.395 e. The Labute approximate surface area is 107 Å². The van der Waals surface area contributed by atoms with Gasteiger partial charge in [-0.25, -0.2) is 4.68 Å². The maximum absolute atomic E-state index is 8.78. The third-order valence-corrected chi connectivity index (χ3v) is 3.03. The number of rotatable bonds is 5. The molecule has 96 valence electrons. The van der Waals surface area contributed by atoms with E-state index >= 15 is 0 Å². The van der Waals surface area contributed by atoms with Gasteiger partial charge >= 0.3 is 0 Å². The summed E-state index contributed by atoms with van der Waals surface area (Å²) >= 11 is 0. The molecule has 0 atom stereocenters. The Morgan fingerprint density at radius 2 is 1.94 bits per heavy atom. The third kappa shape index (κ3) is 2.60. The fraction of sp³-hybridized carbons (Fsp3) is 0.357. The van der Waals surface area contributed by atoms with E-state index in [1.807, 2.05) is 41.9 Å². The van der Waals surface area contributed by atoms with E-state index < -0.39 is 0 Å². The maximum atomic E-state index is 8.78. The lowest BCUT2D eigenvalue weighted by atomic mass is 10.2. The summed E-state index contributed by atoms with van der Waals surface area (Å²) in [5.41, 5.74) is 4.45. The van der Waals surface area contributed by atoms with Crippen LogP contribution >= 0.6 is 0 Å². The van der Waals surface area contributed by atoms with Gasteiger partial charge < -0.3 is 10.4 Å². The first-order valence-corrected chi connectivity index (χ1v) is 6.16. The topological polar surface area (TPSA) is 50.1 Å². The van der Waals surface area contributed by atoms with Crippen LogP contribution in [0.4, 0.5) is 0 Å². The van der Waals surface area contributed by atoms with Gasteiger partial charge in [-0.15, -0.1) is 0 Å². The van der Waals surface area contributed by atoms with E-state index in [4.69, 9.17) is 5.11 Å². The summed E-state index contributed by atoms with van der Waals surface area (Å²) in [6.45, 7) is 5.59. The number of aromatic nitrogens is 2. The summed E-state index contributed by atoms with van der Waals surface area (Å²) in [5.74, 6) is 0. The molecule has 0 radical (unpaired) electrons. The fourth-order valence-corrected chi connectivity index (χ4v) is 2.04. The van der Waals surface area contributed by atoms with Crippen molar-refractivity contribution < 1.29 is 5.11 Å². The average molecular weight is 245 g/mol. The minimum atomic E-state index is 0.158. The largest absolute Gasteiger partial charge is 0.395 e. The number of hydrogen-bond acceptors (Lipinski definition) is 3. The zero-order chi connectivity index (χ0) is 13.0.